The first-order chi connectivity index (χ1) is 7.74. The van der Waals surface area contributed by atoms with Crippen molar-refractivity contribution in [2.75, 3.05) is 6.61 Å². The topological polar surface area (TPSA) is 59.3 Å². The zero-order valence-electron chi connectivity index (χ0n) is 8.20. The molecule has 0 saturated heterocycles. The van der Waals surface area contributed by atoms with Gasteiger partial charge in [-0.3, -0.25) is 9.59 Å². The maximum atomic E-state index is 11.5. The summed E-state index contributed by atoms with van der Waals surface area (Å²) >= 11 is 0. The fourth-order valence-corrected chi connectivity index (χ4v) is 3.18. The summed E-state index contributed by atoms with van der Waals surface area (Å²) in [4.78, 5) is 22.3. The van der Waals surface area contributed by atoms with E-state index in [2.05, 4.69) is 0 Å². The second kappa shape index (κ2) is 4.73. The lowest BCUT2D eigenvalue weighted by Crippen LogP contribution is -2.31. The van der Waals surface area contributed by atoms with Crippen molar-refractivity contribution in [2.24, 2.45) is 0 Å². The molecule has 16 heavy (non-hydrogen) atoms. The van der Waals surface area contributed by atoms with E-state index in [1.807, 2.05) is 18.2 Å². The van der Waals surface area contributed by atoms with Gasteiger partial charge in [-0.15, -0.1) is 0 Å². The van der Waals surface area contributed by atoms with Gasteiger partial charge in [-0.2, -0.15) is 0 Å². The molecule has 2 rings (SSSR count). The zero-order valence-corrected chi connectivity index (χ0v) is 9.83. The third-order valence-corrected chi connectivity index (χ3v) is 4.11. The van der Waals surface area contributed by atoms with E-state index in [0.29, 0.717) is 0 Å². The van der Waals surface area contributed by atoms with Crippen LogP contribution in [0.3, 0.4) is 0 Å². The van der Waals surface area contributed by atoms with Gasteiger partial charge in [-0.05, 0) is 26.2 Å². The molecule has 1 heterocycles. The van der Waals surface area contributed by atoms with Crippen LogP contribution in [0, 0.1) is 0 Å². The van der Waals surface area contributed by atoms with Crippen LogP contribution in [0.15, 0.2) is 39.9 Å². The molecule has 1 atom stereocenters. The third-order valence-electron chi connectivity index (χ3n) is 2.25. The van der Waals surface area contributed by atoms with Crippen LogP contribution >= 0.6 is 20.7 Å². The predicted molar refractivity (Wildman–Crippen MR) is 64.4 cm³/mol. The van der Waals surface area contributed by atoms with Gasteiger partial charge in [-0.25, -0.2) is 4.57 Å². The van der Waals surface area contributed by atoms with E-state index in [-0.39, 0.29) is 16.4 Å². The van der Waals surface area contributed by atoms with Crippen molar-refractivity contribution in [2.45, 2.75) is 6.04 Å². The summed E-state index contributed by atoms with van der Waals surface area (Å²) in [6, 6.07) is 8.45. The second-order valence-electron chi connectivity index (χ2n) is 3.18. The van der Waals surface area contributed by atoms with E-state index in [1.165, 1.54) is 0 Å². The van der Waals surface area contributed by atoms with Gasteiger partial charge in [0, 0.05) is 0 Å². The Morgan fingerprint density at radius 2 is 1.69 bits per heavy atom. The van der Waals surface area contributed by atoms with E-state index in [4.69, 9.17) is 0 Å². The number of nitrogens with zero attached hydrogens (tertiary/aromatic N) is 1. The van der Waals surface area contributed by atoms with Crippen molar-refractivity contribution in [1.29, 1.82) is 0 Å². The Labute approximate surface area is 98.4 Å². The van der Waals surface area contributed by atoms with Crippen molar-refractivity contribution in [1.82, 2.24) is 4.57 Å². The number of aliphatic hydroxyl groups excluding tert-OH is 1. The zero-order chi connectivity index (χ0) is 11.5. The van der Waals surface area contributed by atoms with Crippen molar-refractivity contribution in [3.63, 3.8) is 0 Å². The van der Waals surface area contributed by atoms with E-state index < -0.39 is 6.04 Å². The molecule has 6 heteroatoms. The molecule has 0 radical (unpaired) electrons. The van der Waals surface area contributed by atoms with Crippen molar-refractivity contribution in [3.8, 4) is 0 Å². The number of aromatic nitrogens is 1. The third kappa shape index (κ3) is 1.99. The van der Waals surface area contributed by atoms with Crippen LogP contribution in [0.25, 0.3) is 0 Å². The minimum absolute atomic E-state index is 0.261. The molecule has 1 N–H and O–H groups in total. The maximum Gasteiger partial charge on any atom is 0.321 e. The molecule has 0 aliphatic carbocycles. The molecule has 1 aromatic carbocycles. The molecule has 4 nitrogen and oxygen atoms in total. The number of hydrogen-bond acceptors (Lipinski definition) is 5. The molecular weight excluding hydrogens is 246 g/mol. The highest BCUT2D eigenvalue weighted by atomic mass is 32.9. The number of hydrogen-bond donors (Lipinski definition) is 1. The molecule has 0 spiro atoms. The smallest absolute Gasteiger partial charge is 0.321 e. The fourth-order valence-electron chi connectivity index (χ4n) is 1.49. The Hall–Kier alpha value is -1.24. The molecule has 0 aliphatic heterocycles. The van der Waals surface area contributed by atoms with Crippen molar-refractivity contribution < 1.29 is 5.11 Å². The van der Waals surface area contributed by atoms with E-state index in [9.17, 15) is 14.7 Å². The van der Waals surface area contributed by atoms with Gasteiger partial charge in [0.15, 0.2) is 0 Å². The van der Waals surface area contributed by atoms with Crippen molar-refractivity contribution >= 4 is 20.7 Å². The Morgan fingerprint density at radius 1 is 1.12 bits per heavy atom. The lowest BCUT2D eigenvalue weighted by molar-refractivity contribution is 0.246. The lowest BCUT2D eigenvalue weighted by atomic mass is 10.1. The van der Waals surface area contributed by atoms with Crippen LogP contribution in [-0.4, -0.2) is 16.3 Å². The lowest BCUT2D eigenvalue weighted by Gasteiger charge is -2.13. The van der Waals surface area contributed by atoms with Crippen LogP contribution in [0.1, 0.15) is 11.6 Å². The molecule has 0 saturated carbocycles. The Kier molecular flexibility index (Phi) is 3.33. The first-order valence-corrected chi connectivity index (χ1v) is 6.76. The molecule has 0 aliphatic rings. The maximum absolute atomic E-state index is 11.5. The normalized spacial score (nSPS) is 12.6. The van der Waals surface area contributed by atoms with Gasteiger partial charge in [0.25, 0.3) is 0 Å². The van der Waals surface area contributed by atoms with E-state index in [1.54, 1.807) is 12.1 Å². The molecule has 0 bridgehead atoms. The predicted octanol–water partition coefficient (Wildman–Crippen LogP) is 0.913. The van der Waals surface area contributed by atoms with Gasteiger partial charge in [0.05, 0.1) is 12.6 Å². The molecule has 1 aromatic heterocycles. The molecule has 84 valence electrons. The second-order valence-corrected chi connectivity index (χ2v) is 5.21. The highest BCUT2D eigenvalue weighted by Gasteiger charge is 2.17. The van der Waals surface area contributed by atoms with Gasteiger partial charge in [0.1, 0.15) is 0 Å². The highest BCUT2D eigenvalue weighted by Crippen LogP contribution is 2.15. The van der Waals surface area contributed by atoms with E-state index >= 15 is 0 Å². The summed E-state index contributed by atoms with van der Waals surface area (Å²) in [6.07, 6.45) is 0. The molecular formula is C10H9NO3S2. The number of benzene rings is 1. The first-order valence-electron chi connectivity index (χ1n) is 4.61. The van der Waals surface area contributed by atoms with Crippen LogP contribution < -0.4 is 9.75 Å². The van der Waals surface area contributed by atoms with Crippen LogP contribution in [0.4, 0.5) is 0 Å². The minimum atomic E-state index is -0.580. The monoisotopic (exact) mass is 255 g/mol. The van der Waals surface area contributed by atoms with Crippen LogP contribution in [0.2, 0.25) is 0 Å². The first kappa shape index (κ1) is 11.3. The quantitative estimate of drug-likeness (QED) is 0.829. The van der Waals surface area contributed by atoms with Gasteiger partial charge in [0.2, 0.25) is 0 Å². The summed E-state index contributed by atoms with van der Waals surface area (Å²) in [5, 5.41) is 9.31. The fraction of sp³-hybridized carbons (Fsp3) is 0.200. The average Bonchev–Trinajstić information content (AvgIpc) is 2.63. The van der Waals surface area contributed by atoms with Crippen LogP contribution in [0.5, 0.6) is 0 Å². The Balaban J connectivity index is 2.53. The van der Waals surface area contributed by atoms with Crippen LogP contribution in [-0.2, 0) is 0 Å². The van der Waals surface area contributed by atoms with Gasteiger partial charge < -0.3 is 5.11 Å². The minimum Gasteiger partial charge on any atom is -0.394 e. The summed E-state index contributed by atoms with van der Waals surface area (Å²) in [5.41, 5.74) is 0.759. The van der Waals surface area contributed by atoms with Gasteiger partial charge in [-0.1, -0.05) is 30.3 Å². The molecule has 2 aromatic rings. The molecule has 0 fully saturated rings. The average molecular weight is 255 g/mol. The number of rotatable bonds is 3. The molecule has 0 amide bonds. The summed E-state index contributed by atoms with van der Waals surface area (Å²) in [6.45, 7) is -0.261. The largest absolute Gasteiger partial charge is 0.394 e. The van der Waals surface area contributed by atoms with Crippen molar-refractivity contribution in [3.05, 3.63) is 55.2 Å². The highest BCUT2D eigenvalue weighted by molar-refractivity contribution is 7.67. The summed E-state index contributed by atoms with van der Waals surface area (Å²) < 4.78 is 1.10. The van der Waals surface area contributed by atoms with Gasteiger partial charge >= 0.3 is 9.75 Å². The molecule has 1 unspecified atom stereocenters. The summed E-state index contributed by atoms with van der Waals surface area (Å²) in [7, 11) is 1.79. The summed E-state index contributed by atoms with van der Waals surface area (Å²) in [5.74, 6) is 0. The Morgan fingerprint density at radius 3 is 2.19 bits per heavy atom. The van der Waals surface area contributed by atoms with E-state index in [0.717, 1.165) is 30.8 Å². The Bertz CT molecular complexity index is 542. The number of aliphatic hydroxyl groups is 1. The standard InChI is InChI=1S/C10H9NO3S2/c12-6-8(7-4-2-1-3-5-7)11-9(13)15-16-10(11)14/h1-5,8,12H,6H2. The SMILES string of the molecule is O=c1ssc(=O)n1C(CO)c1ccccc1.